The number of alkyl halides is 3. The number of ether oxygens (including phenoxy) is 1. The van der Waals surface area contributed by atoms with E-state index in [0.29, 0.717) is 36.1 Å². The molecule has 0 aliphatic rings. The number of rotatable bonds is 6. The van der Waals surface area contributed by atoms with Gasteiger partial charge in [0, 0.05) is 24.9 Å². The van der Waals surface area contributed by atoms with Gasteiger partial charge in [0.15, 0.2) is 11.6 Å². The van der Waals surface area contributed by atoms with Crippen molar-refractivity contribution in [2.75, 3.05) is 19.0 Å². The molecule has 3 aromatic rings. The maximum atomic E-state index is 6.00. The lowest BCUT2D eigenvalue weighted by Gasteiger charge is -2.14. The molecule has 1 aromatic carbocycles. The molecule has 0 aliphatic carbocycles. The fraction of sp³-hybridized carbons (Fsp3) is 0.222. The van der Waals surface area contributed by atoms with Crippen molar-refractivity contribution in [1.29, 1.82) is 0 Å². The molecule has 0 amide bonds. The van der Waals surface area contributed by atoms with Crippen molar-refractivity contribution in [2.45, 2.75) is 10.2 Å². The number of para-hydroxylation sites is 1. The Bertz CT molecular complexity index is 903. The van der Waals surface area contributed by atoms with Gasteiger partial charge in [-0.2, -0.15) is 9.97 Å². The number of nitrogens with zero attached hydrogens (tertiary/aromatic N) is 4. The summed E-state index contributed by atoms with van der Waals surface area (Å²) < 4.78 is 3.60. The molecule has 0 unspecified atom stereocenters. The van der Waals surface area contributed by atoms with Crippen LogP contribution in [0, 0.1) is 0 Å². The van der Waals surface area contributed by atoms with Crippen LogP contribution in [0.2, 0.25) is 0 Å². The third-order valence-corrected chi connectivity index (χ3v) is 4.13. The number of methoxy groups -OCH3 is 1. The molecule has 2 aromatic heterocycles. The molecule has 1 N–H and O–H groups in total. The maximum Gasteiger partial charge on any atom is 0.250 e. The number of pyridine rings is 1. The first-order valence-electron chi connectivity index (χ1n) is 8.08. The van der Waals surface area contributed by atoms with Crippen LogP contribution < -0.4 is 10.1 Å². The van der Waals surface area contributed by atoms with Crippen molar-refractivity contribution in [3.8, 4) is 17.1 Å². The predicted molar refractivity (Wildman–Crippen MR) is 107 cm³/mol. The Hall–Kier alpha value is -2.15. The third-order valence-electron chi connectivity index (χ3n) is 3.63. The van der Waals surface area contributed by atoms with Gasteiger partial charge in [-0.1, -0.05) is 53.0 Å². The minimum atomic E-state index is -1.78. The summed E-state index contributed by atoms with van der Waals surface area (Å²) in [5.74, 6) is 1.30. The summed E-state index contributed by atoms with van der Waals surface area (Å²) in [6.07, 6.45) is 2.44. The summed E-state index contributed by atoms with van der Waals surface area (Å²) in [6, 6.07) is 13.1. The van der Waals surface area contributed by atoms with Crippen LogP contribution in [0.3, 0.4) is 0 Å². The van der Waals surface area contributed by atoms with E-state index >= 15 is 0 Å². The fourth-order valence-corrected chi connectivity index (χ4v) is 2.63. The van der Waals surface area contributed by atoms with Gasteiger partial charge < -0.3 is 10.1 Å². The molecule has 0 radical (unpaired) electrons. The number of hydrogen-bond donors (Lipinski definition) is 1. The van der Waals surface area contributed by atoms with Gasteiger partial charge in [-0.25, -0.2) is 4.98 Å². The number of aromatic nitrogens is 4. The normalized spacial score (nSPS) is 11.3. The Morgan fingerprint density at radius 3 is 2.48 bits per heavy atom. The predicted octanol–water partition coefficient (Wildman–Crippen LogP) is 4.42. The Labute approximate surface area is 171 Å². The second kappa shape index (κ2) is 8.69. The van der Waals surface area contributed by atoms with E-state index in [-0.39, 0.29) is 5.82 Å². The Morgan fingerprint density at radius 1 is 1.00 bits per heavy atom. The van der Waals surface area contributed by atoms with Gasteiger partial charge in [0.1, 0.15) is 5.75 Å². The maximum absolute atomic E-state index is 6.00. The number of halogens is 3. The molecule has 2 heterocycles. The summed E-state index contributed by atoms with van der Waals surface area (Å²) in [6.45, 7) is 0.561. The number of anilines is 1. The van der Waals surface area contributed by atoms with Crippen LogP contribution in [-0.2, 0) is 10.2 Å². The van der Waals surface area contributed by atoms with Gasteiger partial charge >= 0.3 is 0 Å². The van der Waals surface area contributed by atoms with Gasteiger partial charge in [0.2, 0.25) is 9.74 Å². The quantitative estimate of drug-likeness (QED) is 0.590. The zero-order valence-corrected chi connectivity index (χ0v) is 16.6. The SMILES string of the molecule is COc1ccccc1-c1nc(NCCc2ccccn2)nc(C(Cl)(Cl)Cl)n1. The van der Waals surface area contributed by atoms with E-state index in [1.807, 2.05) is 42.5 Å². The average molecular weight is 425 g/mol. The fourth-order valence-electron chi connectivity index (χ4n) is 2.38. The van der Waals surface area contributed by atoms with Crippen LogP contribution in [0.5, 0.6) is 5.75 Å². The summed E-state index contributed by atoms with van der Waals surface area (Å²) >= 11 is 18.0. The van der Waals surface area contributed by atoms with E-state index in [4.69, 9.17) is 39.5 Å². The molecular weight excluding hydrogens is 409 g/mol. The zero-order valence-electron chi connectivity index (χ0n) is 14.4. The van der Waals surface area contributed by atoms with Crippen molar-refractivity contribution in [3.05, 3.63) is 60.2 Å². The molecule has 3 rings (SSSR count). The number of benzene rings is 1. The third kappa shape index (κ3) is 5.19. The molecule has 0 saturated heterocycles. The van der Waals surface area contributed by atoms with Gasteiger partial charge in [0.25, 0.3) is 0 Å². The highest BCUT2D eigenvalue weighted by atomic mass is 35.6. The lowest BCUT2D eigenvalue weighted by Crippen LogP contribution is -2.15. The van der Waals surface area contributed by atoms with E-state index < -0.39 is 3.79 Å². The summed E-state index contributed by atoms with van der Waals surface area (Å²) in [5.41, 5.74) is 1.62. The van der Waals surface area contributed by atoms with Crippen molar-refractivity contribution in [1.82, 2.24) is 19.9 Å². The van der Waals surface area contributed by atoms with Crippen LogP contribution in [0.25, 0.3) is 11.4 Å². The molecule has 0 aliphatic heterocycles. The number of hydrogen-bond acceptors (Lipinski definition) is 6. The lowest BCUT2D eigenvalue weighted by molar-refractivity contribution is 0.416. The van der Waals surface area contributed by atoms with Gasteiger partial charge in [0.05, 0.1) is 12.7 Å². The molecule has 0 saturated carbocycles. The smallest absolute Gasteiger partial charge is 0.250 e. The average Bonchev–Trinajstić information content (AvgIpc) is 2.68. The molecule has 0 fully saturated rings. The second-order valence-electron chi connectivity index (χ2n) is 5.50. The van der Waals surface area contributed by atoms with Crippen LogP contribution >= 0.6 is 34.8 Å². The molecule has 9 heteroatoms. The molecule has 27 heavy (non-hydrogen) atoms. The van der Waals surface area contributed by atoms with Crippen molar-refractivity contribution < 1.29 is 4.74 Å². The Morgan fingerprint density at radius 2 is 1.78 bits per heavy atom. The van der Waals surface area contributed by atoms with Gasteiger partial charge in [-0.05, 0) is 24.3 Å². The first-order chi connectivity index (χ1) is 13.0. The topological polar surface area (TPSA) is 72.8 Å². The highest BCUT2D eigenvalue weighted by Gasteiger charge is 2.29. The Balaban J connectivity index is 1.89. The summed E-state index contributed by atoms with van der Waals surface area (Å²) in [7, 11) is 1.57. The van der Waals surface area contributed by atoms with E-state index in [1.165, 1.54) is 0 Å². The van der Waals surface area contributed by atoms with Crippen LogP contribution in [-0.4, -0.2) is 33.6 Å². The van der Waals surface area contributed by atoms with Crippen molar-refractivity contribution in [3.63, 3.8) is 0 Å². The Kier molecular flexibility index (Phi) is 6.31. The van der Waals surface area contributed by atoms with E-state index in [0.717, 1.165) is 5.69 Å². The molecule has 140 valence electrons. The van der Waals surface area contributed by atoms with E-state index in [1.54, 1.807) is 13.3 Å². The van der Waals surface area contributed by atoms with Crippen LogP contribution in [0.15, 0.2) is 48.7 Å². The minimum Gasteiger partial charge on any atom is -0.496 e. The summed E-state index contributed by atoms with van der Waals surface area (Å²) in [5, 5.41) is 3.13. The monoisotopic (exact) mass is 423 g/mol. The summed E-state index contributed by atoms with van der Waals surface area (Å²) in [4.78, 5) is 17.3. The van der Waals surface area contributed by atoms with Crippen molar-refractivity contribution >= 4 is 40.8 Å². The van der Waals surface area contributed by atoms with Gasteiger partial charge in [-0.15, -0.1) is 0 Å². The molecule has 0 atom stereocenters. The molecule has 0 bridgehead atoms. The lowest BCUT2D eigenvalue weighted by atomic mass is 10.2. The minimum absolute atomic E-state index is 0.0312. The van der Waals surface area contributed by atoms with E-state index in [9.17, 15) is 0 Å². The van der Waals surface area contributed by atoms with Crippen LogP contribution in [0.1, 0.15) is 11.5 Å². The molecule has 6 nitrogen and oxygen atoms in total. The van der Waals surface area contributed by atoms with Crippen molar-refractivity contribution in [2.24, 2.45) is 0 Å². The highest BCUT2D eigenvalue weighted by molar-refractivity contribution is 6.66. The second-order valence-corrected chi connectivity index (χ2v) is 7.78. The molecular formula is C18H16Cl3N5O. The van der Waals surface area contributed by atoms with E-state index in [2.05, 4.69) is 25.3 Å². The standard InChI is InChI=1S/C18H16Cl3N5O/c1-27-14-8-3-2-7-13(14)15-24-16(18(19,20)21)26-17(25-15)23-11-9-12-6-4-5-10-22-12/h2-8,10H,9,11H2,1H3,(H,23,24,25,26). The van der Waals surface area contributed by atoms with Crippen LogP contribution in [0.4, 0.5) is 5.95 Å². The highest BCUT2D eigenvalue weighted by Crippen LogP contribution is 2.37. The molecule has 0 spiro atoms. The first kappa shape index (κ1) is 19.6. The largest absolute Gasteiger partial charge is 0.496 e. The van der Waals surface area contributed by atoms with Gasteiger partial charge in [-0.3, -0.25) is 4.98 Å². The number of nitrogens with one attached hydrogen (secondary N) is 1. The first-order valence-corrected chi connectivity index (χ1v) is 9.21. The zero-order chi connectivity index (χ0) is 19.3.